The third-order valence-corrected chi connectivity index (χ3v) is 2.31. The fraction of sp³-hybridized carbons (Fsp3) is 0.769. The van der Waals surface area contributed by atoms with Crippen molar-refractivity contribution in [3.63, 3.8) is 0 Å². The molecular formula is C13H24N2O4. The van der Waals surface area contributed by atoms with Crippen molar-refractivity contribution >= 4 is 17.8 Å². The number of nitrogens with one attached hydrogen (secondary N) is 1. The average molecular weight is 272 g/mol. The predicted molar refractivity (Wildman–Crippen MR) is 71.4 cm³/mol. The maximum Gasteiger partial charge on any atom is 0.306 e. The molecule has 0 aromatic heterocycles. The minimum Gasteiger partial charge on any atom is -0.460 e. The largest absolute Gasteiger partial charge is 0.460 e. The Hall–Kier alpha value is -1.59. The summed E-state index contributed by atoms with van der Waals surface area (Å²) in [6.07, 6.45) is 0.0406. The number of rotatable bonds is 6. The van der Waals surface area contributed by atoms with Crippen molar-refractivity contribution < 1.29 is 19.1 Å². The van der Waals surface area contributed by atoms with Gasteiger partial charge in [0.2, 0.25) is 11.8 Å². The van der Waals surface area contributed by atoms with E-state index in [-0.39, 0.29) is 31.2 Å². The Labute approximate surface area is 114 Å². The van der Waals surface area contributed by atoms with Gasteiger partial charge in [-0.3, -0.25) is 14.4 Å². The zero-order valence-electron chi connectivity index (χ0n) is 12.4. The van der Waals surface area contributed by atoms with Crippen molar-refractivity contribution in [2.24, 2.45) is 0 Å². The van der Waals surface area contributed by atoms with E-state index in [1.807, 2.05) is 6.92 Å². The van der Waals surface area contributed by atoms with Gasteiger partial charge < -0.3 is 15.0 Å². The Morgan fingerprint density at radius 1 is 1.16 bits per heavy atom. The number of likely N-dealkylation sites (N-methyl/N-ethyl adjacent to an activating group) is 1. The molecule has 0 saturated heterocycles. The number of ether oxygens (including phenoxy) is 1. The van der Waals surface area contributed by atoms with E-state index in [1.165, 1.54) is 4.90 Å². The molecule has 0 rings (SSSR count). The topological polar surface area (TPSA) is 75.7 Å². The quantitative estimate of drug-likeness (QED) is 0.722. The number of hydrogen-bond acceptors (Lipinski definition) is 4. The van der Waals surface area contributed by atoms with Crippen molar-refractivity contribution in [3.8, 4) is 0 Å². The molecular weight excluding hydrogens is 248 g/mol. The SMILES string of the molecule is CCN(C)C(=O)CNC(=O)CCC(=O)OC(C)(C)C. The van der Waals surface area contributed by atoms with E-state index < -0.39 is 11.6 Å². The van der Waals surface area contributed by atoms with Crippen LogP contribution in [-0.2, 0) is 19.1 Å². The van der Waals surface area contributed by atoms with E-state index in [0.717, 1.165) is 0 Å². The highest BCUT2D eigenvalue weighted by Gasteiger charge is 2.17. The smallest absolute Gasteiger partial charge is 0.306 e. The first-order valence-corrected chi connectivity index (χ1v) is 6.38. The number of hydrogen-bond donors (Lipinski definition) is 1. The van der Waals surface area contributed by atoms with Crippen LogP contribution in [0.3, 0.4) is 0 Å². The van der Waals surface area contributed by atoms with Crippen LogP contribution in [0.25, 0.3) is 0 Å². The van der Waals surface area contributed by atoms with E-state index >= 15 is 0 Å². The second-order valence-electron chi connectivity index (χ2n) is 5.27. The van der Waals surface area contributed by atoms with Crippen molar-refractivity contribution in [3.05, 3.63) is 0 Å². The zero-order valence-corrected chi connectivity index (χ0v) is 12.4. The van der Waals surface area contributed by atoms with Crippen LogP contribution in [0.1, 0.15) is 40.5 Å². The highest BCUT2D eigenvalue weighted by atomic mass is 16.6. The molecule has 2 amide bonds. The summed E-state index contributed by atoms with van der Waals surface area (Å²) in [5.41, 5.74) is -0.548. The Morgan fingerprint density at radius 3 is 2.21 bits per heavy atom. The molecule has 19 heavy (non-hydrogen) atoms. The molecule has 0 bridgehead atoms. The molecule has 0 aromatic carbocycles. The van der Waals surface area contributed by atoms with E-state index in [9.17, 15) is 14.4 Å². The summed E-state index contributed by atoms with van der Waals surface area (Å²) in [5.74, 6) is -0.906. The summed E-state index contributed by atoms with van der Waals surface area (Å²) in [5, 5.41) is 2.48. The number of amides is 2. The fourth-order valence-electron chi connectivity index (χ4n) is 1.18. The Bertz CT molecular complexity index is 334. The van der Waals surface area contributed by atoms with Gasteiger partial charge in [0.05, 0.1) is 13.0 Å². The van der Waals surface area contributed by atoms with Crippen LogP contribution >= 0.6 is 0 Å². The summed E-state index contributed by atoms with van der Waals surface area (Å²) in [7, 11) is 1.66. The summed E-state index contributed by atoms with van der Waals surface area (Å²) < 4.78 is 5.08. The zero-order chi connectivity index (χ0) is 15.1. The Balaban J connectivity index is 3.88. The summed E-state index contributed by atoms with van der Waals surface area (Å²) >= 11 is 0. The maximum atomic E-state index is 11.4. The molecule has 0 radical (unpaired) electrons. The first-order chi connectivity index (χ1) is 8.65. The van der Waals surface area contributed by atoms with Gasteiger partial charge in [-0.05, 0) is 27.7 Å². The lowest BCUT2D eigenvalue weighted by atomic mass is 10.2. The van der Waals surface area contributed by atoms with Gasteiger partial charge in [0.1, 0.15) is 5.60 Å². The van der Waals surface area contributed by atoms with Crippen LogP contribution in [0.15, 0.2) is 0 Å². The van der Waals surface area contributed by atoms with E-state index in [1.54, 1.807) is 27.8 Å². The molecule has 0 atom stereocenters. The molecule has 6 heteroatoms. The van der Waals surface area contributed by atoms with Crippen LogP contribution in [0.2, 0.25) is 0 Å². The minimum atomic E-state index is -0.548. The fourth-order valence-corrected chi connectivity index (χ4v) is 1.18. The molecule has 0 heterocycles. The second-order valence-corrected chi connectivity index (χ2v) is 5.27. The van der Waals surface area contributed by atoms with Gasteiger partial charge in [-0.2, -0.15) is 0 Å². The van der Waals surface area contributed by atoms with E-state index in [2.05, 4.69) is 5.32 Å². The molecule has 0 aliphatic heterocycles. The summed E-state index contributed by atoms with van der Waals surface area (Å²) in [6, 6.07) is 0. The Kier molecular flexibility index (Phi) is 7.11. The molecule has 0 aliphatic rings. The summed E-state index contributed by atoms with van der Waals surface area (Å²) in [6.45, 7) is 7.70. The third-order valence-electron chi connectivity index (χ3n) is 2.31. The molecule has 0 spiro atoms. The molecule has 0 aliphatic carbocycles. The third kappa shape index (κ3) is 9.04. The van der Waals surface area contributed by atoms with Gasteiger partial charge in [0.15, 0.2) is 0 Å². The minimum absolute atomic E-state index is 0.0148. The first kappa shape index (κ1) is 17.4. The number of nitrogens with zero attached hydrogens (tertiary/aromatic N) is 1. The van der Waals surface area contributed by atoms with Gasteiger partial charge in [-0.15, -0.1) is 0 Å². The molecule has 0 fully saturated rings. The van der Waals surface area contributed by atoms with Crippen LogP contribution < -0.4 is 5.32 Å². The van der Waals surface area contributed by atoms with Crippen molar-refractivity contribution in [1.29, 1.82) is 0 Å². The highest BCUT2D eigenvalue weighted by molar-refractivity contribution is 5.86. The maximum absolute atomic E-state index is 11.4. The Morgan fingerprint density at radius 2 is 1.74 bits per heavy atom. The normalized spacial score (nSPS) is 10.8. The van der Waals surface area contributed by atoms with Crippen molar-refractivity contribution in [1.82, 2.24) is 10.2 Å². The molecule has 0 saturated carbocycles. The molecule has 110 valence electrons. The lowest BCUT2D eigenvalue weighted by molar-refractivity contribution is -0.155. The van der Waals surface area contributed by atoms with Gasteiger partial charge in [0.25, 0.3) is 0 Å². The number of carbonyl (C=O) groups excluding carboxylic acids is 3. The lowest BCUT2D eigenvalue weighted by Crippen LogP contribution is -2.38. The van der Waals surface area contributed by atoms with Crippen molar-refractivity contribution in [2.75, 3.05) is 20.1 Å². The average Bonchev–Trinajstić information content (AvgIpc) is 2.30. The number of esters is 1. The van der Waals surface area contributed by atoms with Gasteiger partial charge in [0, 0.05) is 20.0 Å². The molecule has 0 aromatic rings. The van der Waals surface area contributed by atoms with Gasteiger partial charge in [-0.25, -0.2) is 0 Å². The van der Waals surface area contributed by atoms with E-state index in [4.69, 9.17) is 4.74 Å². The molecule has 1 N–H and O–H groups in total. The second kappa shape index (κ2) is 7.76. The highest BCUT2D eigenvalue weighted by Crippen LogP contribution is 2.08. The van der Waals surface area contributed by atoms with Gasteiger partial charge >= 0.3 is 5.97 Å². The van der Waals surface area contributed by atoms with E-state index in [0.29, 0.717) is 6.54 Å². The van der Waals surface area contributed by atoms with Crippen LogP contribution in [0, 0.1) is 0 Å². The first-order valence-electron chi connectivity index (χ1n) is 6.38. The predicted octanol–water partition coefficient (Wildman–Crippen LogP) is 0.703. The summed E-state index contributed by atoms with van der Waals surface area (Å²) in [4.78, 5) is 35.7. The van der Waals surface area contributed by atoms with Crippen LogP contribution in [-0.4, -0.2) is 48.4 Å². The molecule has 0 unspecified atom stereocenters. The van der Waals surface area contributed by atoms with Crippen LogP contribution in [0.4, 0.5) is 0 Å². The van der Waals surface area contributed by atoms with Gasteiger partial charge in [-0.1, -0.05) is 0 Å². The lowest BCUT2D eigenvalue weighted by Gasteiger charge is -2.19. The molecule has 6 nitrogen and oxygen atoms in total. The standard InChI is InChI=1S/C13H24N2O4/c1-6-15(5)11(17)9-14-10(16)7-8-12(18)19-13(2,3)4/h6-9H2,1-5H3,(H,14,16). The van der Waals surface area contributed by atoms with Crippen LogP contribution in [0.5, 0.6) is 0 Å². The monoisotopic (exact) mass is 272 g/mol. The number of carbonyl (C=O) groups is 3. The van der Waals surface area contributed by atoms with Crippen molar-refractivity contribution in [2.45, 2.75) is 46.1 Å².